The average molecular weight is 418 g/mol. The van der Waals surface area contributed by atoms with Crippen molar-refractivity contribution in [2.45, 2.75) is 25.1 Å². The molecule has 0 amide bonds. The summed E-state index contributed by atoms with van der Waals surface area (Å²) in [5.41, 5.74) is 6.30. The number of anilines is 2. The first-order valence-corrected chi connectivity index (χ1v) is 12.4. The summed E-state index contributed by atoms with van der Waals surface area (Å²) in [4.78, 5) is 2.13. The highest BCUT2D eigenvalue weighted by Crippen LogP contribution is 2.27. The van der Waals surface area contributed by atoms with Crippen LogP contribution in [0.25, 0.3) is 11.1 Å². The van der Waals surface area contributed by atoms with Gasteiger partial charge in [0.05, 0.1) is 0 Å². The van der Waals surface area contributed by atoms with Crippen LogP contribution < -0.4 is 15.5 Å². The zero-order valence-electron chi connectivity index (χ0n) is 18.1. The summed E-state index contributed by atoms with van der Waals surface area (Å²) in [6.07, 6.45) is 4.32. The average Bonchev–Trinajstić information content (AvgIpc) is 2.69. The van der Waals surface area contributed by atoms with Gasteiger partial charge in [-0.1, -0.05) is 18.2 Å². The summed E-state index contributed by atoms with van der Waals surface area (Å²) in [7, 11) is 4.15. The van der Waals surface area contributed by atoms with Crippen molar-refractivity contribution >= 4 is 34.9 Å². The van der Waals surface area contributed by atoms with Gasteiger partial charge in [-0.05, 0) is 67.3 Å². The monoisotopic (exact) mass is 417 g/mol. The molecule has 0 aromatic heterocycles. The molecule has 0 aliphatic carbocycles. The lowest BCUT2D eigenvalue weighted by Gasteiger charge is -2.23. The highest BCUT2D eigenvalue weighted by molar-refractivity contribution is 8.00. The molecule has 2 aromatic rings. The topological polar surface area (TPSA) is 27.3 Å². The number of rotatable bonds is 11. The number of benzene rings is 2. The third-order valence-electron chi connectivity index (χ3n) is 4.86. The Morgan fingerprint density at radius 1 is 0.964 bits per heavy atom. The van der Waals surface area contributed by atoms with Crippen LogP contribution in [0.3, 0.4) is 0 Å². The van der Waals surface area contributed by atoms with Gasteiger partial charge in [0, 0.05) is 55.6 Å². The lowest BCUT2D eigenvalue weighted by molar-refractivity contribution is 0.591. The van der Waals surface area contributed by atoms with E-state index in [0.717, 1.165) is 25.4 Å². The molecule has 0 bridgehead atoms. The normalized spacial score (nSPS) is 11.5. The molecule has 2 N–H and O–H groups in total. The fraction of sp³-hybridized carbons (Fsp3) is 0.478. The maximum Gasteiger partial charge on any atom is 0.0386 e. The molecule has 0 fully saturated rings. The van der Waals surface area contributed by atoms with Gasteiger partial charge in [-0.3, -0.25) is 0 Å². The SMILES string of the molecule is CSCCNc1ccc(-c2ccc(N(C)C)cc2)cc1CNCC(C)(C)SC. The highest BCUT2D eigenvalue weighted by atomic mass is 32.2. The zero-order valence-corrected chi connectivity index (χ0v) is 19.8. The molecule has 2 aromatic carbocycles. The number of thioether (sulfide) groups is 2. The number of hydrogen-bond acceptors (Lipinski definition) is 5. The summed E-state index contributed by atoms with van der Waals surface area (Å²) < 4.78 is 0.242. The van der Waals surface area contributed by atoms with E-state index in [1.807, 2.05) is 23.5 Å². The van der Waals surface area contributed by atoms with Crippen molar-refractivity contribution in [1.82, 2.24) is 5.32 Å². The Kier molecular flexibility index (Phi) is 9.06. The van der Waals surface area contributed by atoms with Gasteiger partial charge < -0.3 is 15.5 Å². The van der Waals surface area contributed by atoms with Crippen LogP contribution in [0.5, 0.6) is 0 Å². The van der Waals surface area contributed by atoms with E-state index in [1.54, 1.807) is 0 Å². The third kappa shape index (κ3) is 6.94. The molecule has 154 valence electrons. The van der Waals surface area contributed by atoms with E-state index in [0.29, 0.717) is 0 Å². The first kappa shape index (κ1) is 23.0. The van der Waals surface area contributed by atoms with E-state index in [9.17, 15) is 0 Å². The molecule has 0 atom stereocenters. The Morgan fingerprint density at radius 3 is 2.25 bits per heavy atom. The van der Waals surface area contributed by atoms with E-state index in [2.05, 4.69) is 98.5 Å². The Balaban J connectivity index is 2.20. The number of nitrogens with zero attached hydrogens (tertiary/aromatic N) is 1. The number of hydrogen-bond donors (Lipinski definition) is 2. The van der Waals surface area contributed by atoms with E-state index < -0.39 is 0 Å². The van der Waals surface area contributed by atoms with Crippen molar-refractivity contribution in [3.05, 3.63) is 48.0 Å². The Bertz CT molecular complexity index is 727. The molecule has 0 heterocycles. The summed E-state index contributed by atoms with van der Waals surface area (Å²) >= 11 is 3.77. The first-order chi connectivity index (χ1) is 13.4. The molecule has 0 saturated heterocycles. The van der Waals surface area contributed by atoms with E-state index >= 15 is 0 Å². The van der Waals surface area contributed by atoms with Gasteiger partial charge >= 0.3 is 0 Å². The lowest BCUT2D eigenvalue weighted by atomic mass is 10.0. The second-order valence-electron chi connectivity index (χ2n) is 7.80. The van der Waals surface area contributed by atoms with Crippen LogP contribution in [0.4, 0.5) is 11.4 Å². The van der Waals surface area contributed by atoms with Gasteiger partial charge in [0.1, 0.15) is 0 Å². The molecular weight excluding hydrogens is 382 g/mol. The van der Waals surface area contributed by atoms with Crippen molar-refractivity contribution in [2.75, 3.05) is 55.7 Å². The standard InChI is InChI=1S/C23H35N3S2/c1-23(2,28-6)17-24-16-20-15-19(9-12-22(20)25-13-14-27-5)18-7-10-21(11-8-18)26(3)4/h7-12,15,24-25H,13-14,16-17H2,1-6H3. The molecule has 2 rings (SSSR count). The van der Waals surface area contributed by atoms with E-state index in [1.165, 1.54) is 28.1 Å². The smallest absolute Gasteiger partial charge is 0.0386 e. The molecule has 0 spiro atoms. The maximum atomic E-state index is 3.65. The van der Waals surface area contributed by atoms with Crippen molar-refractivity contribution in [3.8, 4) is 11.1 Å². The minimum Gasteiger partial charge on any atom is -0.384 e. The van der Waals surface area contributed by atoms with Crippen LogP contribution in [-0.2, 0) is 6.54 Å². The van der Waals surface area contributed by atoms with Crippen LogP contribution in [0, 0.1) is 0 Å². The van der Waals surface area contributed by atoms with Crippen LogP contribution in [-0.4, -0.2) is 50.2 Å². The second kappa shape index (κ2) is 11.0. The molecule has 0 unspecified atom stereocenters. The fourth-order valence-corrected chi connectivity index (χ4v) is 3.45. The van der Waals surface area contributed by atoms with Crippen molar-refractivity contribution < 1.29 is 0 Å². The molecule has 5 heteroatoms. The maximum absolute atomic E-state index is 3.65. The summed E-state index contributed by atoms with van der Waals surface area (Å²) in [6.45, 7) is 7.41. The minimum atomic E-state index is 0.242. The highest BCUT2D eigenvalue weighted by Gasteiger charge is 2.15. The Morgan fingerprint density at radius 2 is 1.64 bits per heavy atom. The molecule has 3 nitrogen and oxygen atoms in total. The largest absolute Gasteiger partial charge is 0.384 e. The van der Waals surface area contributed by atoms with Crippen LogP contribution in [0.2, 0.25) is 0 Å². The fourth-order valence-electron chi connectivity index (χ4n) is 2.90. The van der Waals surface area contributed by atoms with Crippen molar-refractivity contribution in [3.63, 3.8) is 0 Å². The van der Waals surface area contributed by atoms with Crippen molar-refractivity contribution in [1.29, 1.82) is 0 Å². The van der Waals surface area contributed by atoms with Gasteiger partial charge in [0.25, 0.3) is 0 Å². The van der Waals surface area contributed by atoms with Gasteiger partial charge in [0.2, 0.25) is 0 Å². The van der Waals surface area contributed by atoms with Gasteiger partial charge in [0.15, 0.2) is 0 Å². The molecule has 0 aliphatic rings. The Labute approximate surface area is 180 Å². The summed E-state index contributed by atoms with van der Waals surface area (Å²) in [6, 6.07) is 15.6. The van der Waals surface area contributed by atoms with Crippen LogP contribution in [0.15, 0.2) is 42.5 Å². The van der Waals surface area contributed by atoms with Gasteiger partial charge in [-0.2, -0.15) is 23.5 Å². The van der Waals surface area contributed by atoms with Gasteiger partial charge in [-0.25, -0.2) is 0 Å². The summed E-state index contributed by atoms with van der Waals surface area (Å²) in [5, 5.41) is 7.26. The first-order valence-electron chi connectivity index (χ1n) is 9.75. The lowest BCUT2D eigenvalue weighted by Crippen LogP contribution is -2.31. The minimum absolute atomic E-state index is 0.242. The predicted octanol–water partition coefficient (Wildman–Crippen LogP) is 5.43. The van der Waals surface area contributed by atoms with Gasteiger partial charge in [-0.15, -0.1) is 0 Å². The Hall–Kier alpha value is -1.30. The molecule has 28 heavy (non-hydrogen) atoms. The zero-order chi connectivity index (χ0) is 20.6. The predicted molar refractivity (Wildman–Crippen MR) is 132 cm³/mol. The van der Waals surface area contributed by atoms with Crippen LogP contribution in [0.1, 0.15) is 19.4 Å². The van der Waals surface area contributed by atoms with E-state index in [-0.39, 0.29) is 4.75 Å². The summed E-state index contributed by atoms with van der Waals surface area (Å²) in [5.74, 6) is 1.11. The molecular formula is C23H35N3S2. The molecule has 0 radical (unpaired) electrons. The van der Waals surface area contributed by atoms with E-state index in [4.69, 9.17) is 0 Å². The molecule has 0 saturated carbocycles. The number of nitrogens with one attached hydrogen (secondary N) is 2. The third-order valence-corrected chi connectivity index (χ3v) is 6.72. The quantitative estimate of drug-likeness (QED) is 0.476. The second-order valence-corrected chi connectivity index (χ2v) is 10.3. The van der Waals surface area contributed by atoms with Crippen LogP contribution >= 0.6 is 23.5 Å². The van der Waals surface area contributed by atoms with Crippen molar-refractivity contribution in [2.24, 2.45) is 0 Å². The molecule has 0 aliphatic heterocycles.